The van der Waals surface area contributed by atoms with Crippen molar-refractivity contribution in [2.45, 2.75) is 0 Å². The Hall–Kier alpha value is -1.86. The molecule has 0 saturated carbocycles. The SMILES string of the molecule is C1=C(c2ccc(-c3ccccc3)cc2)COC1. The molecule has 0 aliphatic carbocycles. The summed E-state index contributed by atoms with van der Waals surface area (Å²) in [6, 6.07) is 19.1. The molecule has 0 saturated heterocycles. The Labute approximate surface area is 101 Å². The van der Waals surface area contributed by atoms with E-state index in [1.165, 1.54) is 22.3 Å². The Kier molecular flexibility index (Phi) is 2.76. The first-order valence-corrected chi connectivity index (χ1v) is 5.86. The molecular formula is C16H14O. The Morgan fingerprint density at radius 3 is 2.00 bits per heavy atom. The van der Waals surface area contributed by atoms with E-state index in [1.807, 2.05) is 6.07 Å². The van der Waals surface area contributed by atoms with E-state index < -0.39 is 0 Å². The number of hydrogen-bond donors (Lipinski definition) is 0. The summed E-state index contributed by atoms with van der Waals surface area (Å²) < 4.78 is 5.33. The molecule has 84 valence electrons. The van der Waals surface area contributed by atoms with Gasteiger partial charge in [0.25, 0.3) is 0 Å². The quantitative estimate of drug-likeness (QED) is 0.751. The maximum absolute atomic E-state index is 5.33. The molecule has 2 aromatic carbocycles. The fraction of sp³-hybridized carbons (Fsp3) is 0.125. The first-order chi connectivity index (χ1) is 8.43. The summed E-state index contributed by atoms with van der Waals surface area (Å²) in [5, 5.41) is 0. The van der Waals surface area contributed by atoms with Crippen LogP contribution in [0.15, 0.2) is 60.7 Å². The smallest absolute Gasteiger partial charge is 0.0724 e. The predicted molar refractivity (Wildman–Crippen MR) is 70.7 cm³/mol. The molecule has 0 aromatic heterocycles. The van der Waals surface area contributed by atoms with Gasteiger partial charge in [-0.3, -0.25) is 0 Å². The summed E-state index contributed by atoms with van der Waals surface area (Å²) in [6.45, 7) is 1.49. The summed E-state index contributed by atoms with van der Waals surface area (Å²) in [5.41, 5.74) is 5.08. The summed E-state index contributed by atoms with van der Waals surface area (Å²) in [5.74, 6) is 0. The minimum Gasteiger partial charge on any atom is -0.373 e. The molecule has 0 atom stereocenters. The van der Waals surface area contributed by atoms with Crippen molar-refractivity contribution >= 4 is 5.57 Å². The van der Waals surface area contributed by atoms with E-state index in [0.717, 1.165) is 13.2 Å². The van der Waals surface area contributed by atoms with Crippen LogP contribution in [0.2, 0.25) is 0 Å². The van der Waals surface area contributed by atoms with Crippen LogP contribution in [0.25, 0.3) is 16.7 Å². The minimum absolute atomic E-state index is 0.741. The maximum atomic E-state index is 5.33. The number of benzene rings is 2. The Morgan fingerprint density at radius 2 is 1.35 bits per heavy atom. The van der Waals surface area contributed by atoms with Crippen LogP contribution in [0.5, 0.6) is 0 Å². The van der Waals surface area contributed by atoms with E-state index in [-0.39, 0.29) is 0 Å². The second kappa shape index (κ2) is 4.56. The average molecular weight is 222 g/mol. The molecule has 0 radical (unpaired) electrons. The van der Waals surface area contributed by atoms with E-state index in [1.54, 1.807) is 0 Å². The van der Waals surface area contributed by atoms with Crippen molar-refractivity contribution in [1.29, 1.82) is 0 Å². The zero-order valence-electron chi connectivity index (χ0n) is 9.60. The van der Waals surface area contributed by atoms with Gasteiger partial charge >= 0.3 is 0 Å². The van der Waals surface area contributed by atoms with Crippen LogP contribution in [0.1, 0.15) is 5.56 Å². The third-order valence-corrected chi connectivity index (χ3v) is 3.07. The molecule has 0 N–H and O–H groups in total. The van der Waals surface area contributed by atoms with E-state index >= 15 is 0 Å². The molecule has 0 fully saturated rings. The van der Waals surface area contributed by atoms with Crippen LogP contribution < -0.4 is 0 Å². The minimum atomic E-state index is 0.741. The molecule has 17 heavy (non-hydrogen) atoms. The van der Waals surface area contributed by atoms with E-state index in [4.69, 9.17) is 4.74 Å². The first-order valence-electron chi connectivity index (χ1n) is 5.86. The first kappa shape index (κ1) is 10.3. The van der Waals surface area contributed by atoms with Gasteiger partial charge in [-0.05, 0) is 22.3 Å². The molecule has 0 spiro atoms. The van der Waals surface area contributed by atoms with Gasteiger partial charge < -0.3 is 4.74 Å². The van der Waals surface area contributed by atoms with Crippen molar-refractivity contribution in [1.82, 2.24) is 0 Å². The Balaban J connectivity index is 1.90. The van der Waals surface area contributed by atoms with Crippen molar-refractivity contribution in [2.75, 3.05) is 13.2 Å². The number of hydrogen-bond acceptors (Lipinski definition) is 1. The normalized spacial score (nSPS) is 14.7. The number of rotatable bonds is 2. The fourth-order valence-corrected chi connectivity index (χ4v) is 2.10. The topological polar surface area (TPSA) is 9.23 Å². The van der Waals surface area contributed by atoms with Crippen LogP contribution in [0.4, 0.5) is 0 Å². The molecular weight excluding hydrogens is 208 g/mol. The lowest BCUT2D eigenvalue weighted by Crippen LogP contribution is -1.87. The second-order valence-corrected chi connectivity index (χ2v) is 4.19. The van der Waals surface area contributed by atoms with Crippen molar-refractivity contribution in [3.05, 3.63) is 66.2 Å². The number of ether oxygens (including phenoxy) is 1. The van der Waals surface area contributed by atoms with Gasteiger partial charge in [0.1, 0.15) is 0 Å². The lowest BCUT2D eigenvalue weighted by Gasteiger charge is -2.04. The molecule has 1 aliphatic heterocycles. The maximum Gasteiger partial charge on any atom is 0.0724 e. The molecule has 0 unspecified atom stereocenters. The van der Waals surface area contributed by atoms with Gasteiger partial charge in [-0.15, -0.1) is 0 Å². The largest absolute Gasteiger partial charge is 0.373 e. The van der Waals surface area contributed by atoms with E-state index in [2.05, 4.69) is 54.6 Å². The molecule has 1 heterocycles. The third kappa shape index (κ3) is 2.15. The zero-order valence-corrected chi connectivity index (χ0v) is 9.60. The molecule has 1 heteroatoms. The van der Waals surface area contributed by atoms with Gasteiger partial charge in [0.2, 0.25) is 0 Å². The zero-order chi connectivity index (χ0) is 11.5. The van der Waals surface area contributed by atoms with E-state index in [0.29, 0.717) is 0 Å². The Morgan fingerprint density at radius 1 is 0.706 bits per heavy atom. The second-order valence-electron chi connectivity index (χ2n) is 4.19. The van der Waals surface area contributed by atoms with Crippen molar-refractivity contribution in [2.24, 2.45) is 0 Å². The van der Waals surface area contributed by atoms with Crippen LogP contribution in [-0.4, -0.2) is 13.2 Å². The summed E-state index contributed by atoms with van der Waals surface area (Å²) >= 11 is 0. The molecule has 1 nitrogen and oxygen atoms in total. The van der Waals surface area contributed by atoms with Gasteiger partial charge in [-0.2, -0.15) is 0 Å². The summed E-state index contributed by atoms with van der Waals surface area (Å²) in [6.07, 6.45) is 2.15. The molecule has 0 bridgehead atoms. The highest BCUT2D eigenvalue weighted by atomic mass is 16.5. The highest BCUT2D eigenvalue weighted by molar-refractivity contribution is 5.71. The Bertz CT molecular complexity index is 523. The van der Waals surface area contributed by atoms with Gasteiger partial charge in [0.15, 0.2) is 0 Å². The van der Waals surface area contributed by atoms with Gasteiger partial charge in [-0.25, -0.2) is 0 Å². The lowest BCUT2D eigenvalue weighted by molar-refractivity contribution is 0.216. The van der Waals surface area contributed by atoms with Crippen LogP contribution in [0.3, 0.4) is 0 Å². The third-order valence-electron chi connectivity index (χ3n) is 3.07. The van der Waals surface area contributed by atoms with Gasteiger partial charge in [-0.1, -0.05) is 60.7 Å². The molecule has 0 amide bonds. The molecule has 3 rings (SSSR count). The van der Waals surface area contributed by atoms with Gasteiger partial charge in [0, 0.05) is 0 Å². The van der Waals surface area contributed by atoms with Crippen molar-refractivity contribution < 1.29 is 4.74 Å². The predicted octanol–water partition coefficient (Wildman–Crippen LogP) is 3.77. The van der Waals surface area contributed by atoms with Crippen molar-refractivity contribution in [3.63, 3.8) is 0 Å². The van der Waals surface area contributed by atoms with Crippen LogP contribution in [0, 0.1) is 0 Å². The fourth-order valence-electron chi connectivity index (χ4n) is 2.10. The monoisotopic (exact) mass is 222 g/mol. The standard InChI is InChI=1S/C16H14O/c1-2-4-13(5-3-1)14-6-8-15(9-7-14)16-10-11-17-12-16/h1-10H,11-12H2. The highest BCUT2D eigenvalue weighted by Crippen LogP contribution is 2.23. The van der Waals surface area contributed by atoms with Gasteiger partial charge in [0.05, 0.1) is 13.2 Å². The average Bonchev–Trinajstić information content (AvgIpc) is 2.94. The molecule has 1 aliphatic rings. The summed E-state index contributed by atoms with van der Waals surface area (Å²) in [7, 11) is 0. The highest BCUT2D eigenvalue weighted by Gasteiger charge is 2.07. The van der Waals surface area contributed by atoms with Crippen molar-refractivity contribution in [3.8, 4) is 11.1 Å². The molecule has 2 aromatic rings. The summed E-state index contributed by atoms with van der Waals surface area (Å²) in [4.78, 5) is 0. The van der Waals surface area contributed by atoms with E-state index in [9.17, 15) is 0 Å². The van der Waals surface area contributed by atoms with Crippen LogP contribution >= 0.6 is 0 Å². The lowest BCUT2D eigenvalue weighted by atomic mass is 10.0. The van der Waals surface area contributed by atoms with Crippen LogP contribution in [-0.2, 0) is 4.74 Å².